The number of carbonyl (C=O) groups excluding carboxylic acids is 2. The van der Waals surface area contributed by atoms with Crippen LogP contribution in [0.5, 0.6) is 5.75 Å². The van der Waals surface area contributed by atoms with Crippen LogP contribution in [0.2, 0.25) is 0 Å². The first kappa shape index (κ1) is 17.9. The van der Waals surface area contributed by atoms with Gasteiger partial charge >= 0.3 is 5.97 Å². The van der Waals surface area contributed by atoms with Gasteiger partial charge in [-0.3, -0.25) is 14.9 Å². The van der Waals surface area contributed by atoms with Crippen LogP contribution in [0.1, 0.15) is 5.56 Å². The molecule has 1 amide bonds. The van der Waals surface area contributed by atoms with Crippen molar-refractivity contribution in [2.75, 3.05) is 13.2 Å². The standard InChI is InChI=1S/C17H16N2O6/c20-16(18-10-13-4-2-1-3-5-13)11-25-17(21)12-24-15-8-6-14(7-9-15)19(22)23/h1-9H,10-12H2,(H,18,20). The van der Waals surface area contributed by atoms with Gasteiger partial charge in [0.2, 0.25) is 0 Å². The Bertz CT molecular complexity index is 731. The molecular weight excluding hydrogens is 328 g/mol. The third-order valence-electron chi connectivity index (χ3n) is 3.10. The molecule has 0 aromatic heterocycles. The highest BCUT2D eigenvalue weighted by atomic mass is 16.6. The summed E-state index contributed by atoms with van der Waals surface area (Å²) in [5, 5.41) is 13.1. The summed E-state index contributed by atoms with van der Waals surface area (Å²) in [6.07, 6.45) is 0. The predicted molar refractivity (Wildman–Crippen MR) is 87.8 cm³/mol. The third kappa shape index (κ3) is 6.30. The Kier molecular flexibility index (Phi) is 6.47. The van der Waals surface area contributed by atoms with Crippen LogP contribution < -0.4 is 10.1 Å². The van der Waals surface area contributed by atoms with Crippen LogP contribution in [0, 0.1) is 10.1 Å². The summed E-state index contributed by atoms with van der Waals surface area (Å²) in [6, 6.07) is 14.6. The van der Waals surface area contributed by atoms with Crippen LogP contribution in [0.3, 0.4) is 0 Å². The number of carbonyl (C=O) groups is 2. The number of nitrogens with one attached hydrogen (secondary N) is 1. The molecular formula is C17H16N2O6. The lowest BCUT2D eigenvalue weighted by molar-refractivity contribution is -0.384. The number of amides is 1. The molecule has 0 aliphatic heterocycles. The zero-order valence-corrected chi connectivity index (χ0v) is 13.2. The van der Waals surface area contributed by atoms with Gasteiger partial charge in [-0.25, -0.2) is 4.79 Å². The number of nitro groups is 1. The van der Waals surface area contributed by atoms with Crippen LogP contribution in [0.4, 0.5) is 5.69 Å². The summed E-state index contributed by atoms with van der Waals surface area (Å²) in [7, 11) is 0. The molecule has 0 aliphatic rings. The number of esters is 1. The smallest absolute Gasteiger partial charge is 0.344 e. The van der Waals surface area contributed by atoms with Crippen LogP contribution in [-0.2, 0) is 20.9 Å². The molecule has 1 N–H and O–H groups in total. The first-order valence-corrected chi connectivity index (χ1v) is 7.38. The summed E-state index contributed by atoms with van der Waals surface area (Å²) in [4.78, 5) is 33.1. The highest BCUT2D eigenvalue weighted by Crippen LogP contribution is 2.17. The average Bonchev–Trinajstić information content (AvgIpc) is 2.64. The number of nitro benzene ring substituents is 1. The Morgan fingerprint density at radius 1 is 1.00 bits per heavy atom. The predicted octanol–water partition coefficient (Wildman–Crippen LogP) is 1.83. The van der Waals surface area contributed by atoms with E-state index >= 15 is 0 Å². The molecule has 8 heteroatoms. The van der Waals surface area contributed by atoms with Gasteiger partial charge in [0.1, 0.15) is 5.75 Å². The fourth-order valence-corrected chi connectivity index (χ4v) is 1.84. The van der Waals surface area contributed by atoms with Crippen molar-refractivity contribution in [3.63, 3.8) is 0 Å². The van der Waals surface area contributed by atoms with Crippen molar-refractivity contribution in [1.29, 1.82) is 0 Å². The largest absolute Gasteiger partial charge is 0.482 e. The minimum Gasteiger partial charge on any atom is -0.482 e. The van der Waals surface area contributed by atoms with Gasteiger partial charge in [0, 0.05) is 18.7 Å². The van der Waals surface area contributed by atoms with E-state index in [1.807, 2.05) is 30.3 Å². The fraction of sp³-hybridized carbons (Fsp3) is 0.176. The number of ether oxygens (including phenoxy) is 2. The second-order valence-electron chi connectivity index (χ2n) is 4.96. The molecule has 25 heavy (non-hydrogen) atoms. The molecule has 0 radical (unpaired) electrons. The normalized spacial score (nSPS) is 9.92. The van der Waals surface area contributed by atoms with Crippen molar-refractivity contribution in [3.8, 4) is 5.75 Å². The van der Waals surface area contributed by atoms with E-state index in [4.69, 9.17) is 9.47 Å². The summed E-state index contributed by atoms with van der Waals surface area (Å²) in [5.41, 5.74) is 0.855. The Hall–Kier alpha value is -3.42. The van der Waals surface area contributed by atoms with Crippen molar-refractivity contribution < 1.29 is 24.0 Å². The minimum atomic E-state index is -0.715. The monoisotopic (exact) mass is 344 g/mol. The SMILES string of the molecule is O=C(COC(=O)COc1ccc([N+](=O)[O-])cc1)NCc1ccccc1. The molecule has 130 valence electrons. The lowest BCUT2D eigenvalue weighted by atomic mass is 10.2. The topological polar surface area (TPSA) is 108 Å². The number of non-ortho nitro benzene ring substituents is 1. The first-order chi connectivity index (χ1) is 12.0. The van der Waals surface area contributed by atoms with E-state index in [2.05, 4.69) is 5.32 Å². The molecule has 0 saturated carbocycles. The Morgan fingerprint density at radius 3 is 2.32 bits per heavy atom. The molecule has 0 unspecified atom stereocenters. The number of hydrogen-bond acceptors (Lipinski definition) is 6. The molecule has 8 nitrogen and oxygen atoms in total. The molecule has 0 fully saturated rings. The van der Waals surface area contributed by atoms with Crippen molar-refractivity contribution in [3.05, 3.63) is 70.3 Å². The second-order valence-corrected chi connectivity index (χ2v) is 4.96. The molecule has 2 aromatic carbocycles. The van der Waals surface area contributed by atoms with Gasteiger partial charge in [-0.1, -0.05) is 30.3 Å². The molecule has 0 saturated heterocycles. The van der Waals surface area contributed by atoms with Gasteiger partial charge in [0.15, 0.2) is 13.2 Å². The van der Waals surface area contributed by atoms with Crippen LogP contribution >= 0.6 is 0 Å². The van der Waals surface area contributed by atoms with E-state index in [0.717, 1.165) is 5.56 Å². The summed E-state index contributed by atoms with van der Waals surface area (Å²) < 4.78 is 9.93. The van der Waals surface area contributed by atoms with E-state index in [-0.39, 0.29) is 11.4 Å². The number of rotatable bonds is 8. The second kappa shape index (κ2) is 9.02. The summed E-state index contributed by atoms with van der Waals surface area (Å²) in [5.74, 6) is -0.850. The van der Waals surface area contributed by atoms with Gasteiger partial charge in [-0.2, -0.15) is 0 Å². The van der Waals surface area contributed by atoms with E-state index in [9.17, 15) is 19.7 Å². The maximum atomic E-state index is 11.6. The molecule has 2 aromatic rings. The molecule has 0 aliphatic carbocycles. The molecule has 0 spiro atoms. The maximum absolute atomic E-state index is 11.6. The van der Waals surface area contributed by atoms with Crippen LogP contribution in [-0.4, -0.2) is 30.0 Å². The minimum absolute atomic E-state index is 0.0787. The van der Waals surface area contributed by atoms with E-state index in [0.29, 0.717) is 6.54 Å². The lowest BCUT2D eigenvalue weighted by Crippen LogP contribution is -2.29. The van der Waals surface area contributed by atoms with Crippen molar-refractivity contribution in [1.82, 2.24) is 5.32 Å². The molecule has 2 rings (SSSR count). The number of nitrogens with zero attached hydrogens (tertiary/aromatic N) is 1. The molecule has 0 bridgehead atoms. The quantitative estimate of drug-likeness (QED) is 0.445. The van der Waals surface area contributed by atoms with E-state index in [1.165, 1.54) is 24.3 Å². The Balaban J connectivity index is 1.66. The van der Waals surface area contributed by atoms with E-state index < -0.39 is 30.0 Å². The van der Waals surface area contributed by atoms with Gasteiger partial charge in [0.25, 0.3) is 11.6 Å². The lowest BCUT2D eigenvalue weighted by Gasteiger charge is -2.08. The number of benzene rings is 2. The van der Waals surface area contributed by atoms with Crippen molar-refractivity contribution in [2.24, 2.45) is 0 Å². The number of hydrogen-bond donors (Lipinski definition) is 1. The summed E-state index contributed by atoms with van der Waals surface area (Å²) >= 11 is 0. The Morgan fingerprint density at radius 2 is 1.68 bits per heavy atom. The highest BCUT2D eigenvalue weighted by Gasteiger charge is 2.09. The van der Waals surface area contributed by atoms with Gasteiger partial charge in [-0.15, -0.1) is 0 Å². The maximum Gasteiger partial charge on any atom is 0.344 e. The zero-order chi connectivity index (χ0) is 18.1. The van der Waals surface area contributed by atoms with E-state index in [1.54, 1.807) is 0 Å². The van der Waals surface area contributed by atoms with Gasteiger partial charge in [0.05, 0.1) is 4.92 Å². The summed E-state index contributed by atoms with van der Waals surface area (Å²) in [6.45, 7) is -0.463. The fourth-order valence-electron chi connectivity index (χ4n) is 1.84. The Labute approximate surface area is 143 Å². The van der Waals surface area contributed by atoms with Gasteiger partial charge < -0.3 is 14.8 Å². The first-order valence-electron chi connectivity index (χ1n) is 7.38. The zero-order valence-electron chi connectivity index (χ0n) is 13.2. The molecule has 0 atom stereocenters. The van der Waals surface area contributed by atoms with Crippen molar-refractivity contribution >= 4 is 17.6 Å². The molecule has 0 heterocycles. The van der Waals surface area contributed by atoms with Crippen molar-refractivity contribution in [2.45, 2.75) is 6.54 Å². The third-order valence-corrected chi connectivity index (χ3v) is 3.10. The average molecular weight is 344 g/mol. The van der Waals surface area contributed by atoms with Crippen LogP contribution in [0.15, 0.2) is 54.6 Å². The highest BCUT2D eigenvalue weighted by molar-refractivity contribution is 5.80. The van der Waals surface area contributed by atoms with Gasteiger partial charge in [-0.05, 0) is 17.7 Å². The van der Waals surface area contributed by atoms with Crippen LogP contribution in [0.25, 0.3) is 0 Å².